The van der Waals surface area contributed by atoms with E-state index in [1.807, 2.05) is 20.8 Å². The highest BCUT2D eigenvalue weighted by Gasteiger charge is 2.33. The number of hydrogen-bond acceptors (Lipinski definition) is 3. The van der Waals surface area contributed by atoms with Crippen molar-refractivity contribution < 1.29 is 9.47 Å². The number of hydrogen-bond donors (Lipinski definition) is 0. The van der Waals surface area contributed by atoms with E-state index in [2.05, 4.69) is 24.9 Å². The highest BCUT2D eigenvalue weighted by molar-refractivity contribution is 4.94. The SMILES string of the molecule is C/C=C(\C)N(C)C[C@@H]1COC(C)(C)O1. The standard InChI is InChI=1S/C11H21NO2/c1-6-9(2)12(5)7-10-8-13-11(3,4)14-10/h6,10H,7-8H2,1-5H3/b9-6+/t10-/m1/s1. The molecule has 14 heavy (non-hydrogen) atoms. The maximum Gasteiger partial charge on any atom is 0.163 e. The molecule has 0 aromatic heterocycles. The third kappa shape index (κ3) is 3.00. The largest absolute Gasteiger partial charge is 0.376 e. The predicted molar refractivity (Wildman–Crippen MR) is 57.0 cm³/mol. The van der Waals surface area contributed by atoms with Gasteiger partial charge in [0.05, 0.1) is 6.61 Å². The first-order valence-electron chi connectivity index (χ1n) is 5.10. The van der Waals surface area contributed by atoms with Crippen LogP contribution in [-0.4, -0.2) is 37.0 Å². The maximum absolute atomic E-state index is 5.72. The molecule has 82 valence electrons. The summed E-state index contributed by atoms with van der Waals surface area (Å²) in [4.78, 5) is 2.19. The van der Waals surface area contributed by atoms with Gasteiger partial charge in [-0.3, -0.25) is 0 Å². The monoisotopic (exact) mass is 199 g/mol. The zero-order valence-electron chi connectivity index (χ0n) is 9.83. The Balaban J connectivity index is 2.40. The van der Waals surface area contributed by atoms with Gasteiger partial charge in [0.15, 0.2) is 5.79 Å². The second kappa shape index (κ2) is 4.32. The predicted octanol–water partition coefficient (Wildman–Crippen LogP) is 1.99. The summed E-state index contributed by atoms with van der Waals surface area (Å²) in [6, 6.07) is 0. The Labute approximate surface area is 86.7 Å². The smallest absolute Gasteiger partial charge is 0.163 e. The fraction of sp³-hybridized carbons (Fsp3) is 0.818. The Morgan fingerprint density at radius 2 is 2.21 bits per heavy atom. The molecule has 0 N–H and O–H groups in total. The fourth-order valence-corrected chi connectivity index (χ4v) is 1.52. The van der Waals surface area contributed by atoms with Crippen molar-refractivity contribution in [3.05, 3.63) is 11.8 Å². The van der Waals surface area contributed by atoms with Gasteiger partial charge in [0.2, 0.25) is 0 Å². The first-order valence-corrected chi connectivity index (χ1v) is 5.10. The topological polar surface area (TPSA) is 21.7 Å². The van der Waals surface area contributed by atoms with Crippen LogP contribution in [0.2, 0.25) is 0 Å². The van der Waals surface area contributed by atoms with Crippen molar-refractivity contribution in [2.24, 2.45) is 0 Å². The van der Waals surface area contributed by atoms with Crippen LogP contribution in [0.1, 0.15) is 27.7 Å². The highest BCUT2D eigenvalue weighted by Crippen LogP contribution is 2.23. The van der Waals surface area contributed by atoms with E-state index in [0.29, 0.717) is 6.61 Å². The van der Waals surface area contributed by atoms with Crippen molar-refractivity contribution in [1.82, 2.24) is 4.90 Å². The molecule has 0 radical (unpaired) electrons. The van der Waals surface area contributed by atoms with E-state index in [9.17, 15) is 0 Å². The molecule has 0 amide bonds. The van der Waals surface area contributed by atoms with E-state index in [-0.39, 0.29) is 6.10 Å². The van der Waals surface area contributed by atoms with Gasteiger partial charge in [-0.2, -0.15) is 0 Å². The summed E-state index contributed by atoms with van der Waals surface area (Å²) in [5.74, 6) is -0.407. The lowest BCUT2D eigenvalue weighted by atomic mass is 10.3. The molecule has 3 heteroatoms. The molecule has 0 saturated carbocycles. The second-order valence-electron chi connectivity index (χ2n) is 4.26. The van der Waals surface area contributed by atoms with E-state index in [1.165, 1.54) is 5.70 Å². The third-order valence-electron chi connectivity index (χ3n) is 2.56. The number of nitrogens with zero attached hydrogens (tertiary/aromatic N) is 1. The Bertz CT molecular complexity index is 223. The Morgan fingerprint density at radius 3 is 2.64 bits per heavy atom. The molecular weight excluding hydrogens is 178 g/mol. The average Bonchev–Trinajstić information content (AvgIpc) is 2.44. The molecule has 0 aromatic rings. The Kier molecular flexibility index (Phi) is 3.56. The number of rotatable bonds is 3. The molecule has 1 rings (SSSR count). The summed E-state index contributed by atoms with van der Waals surface area (Å²) >= 11 is 0. The van der Waals surface area contributed by atoms with Crippen molar-refractivity contribution >= 4 is 0 Å². The van der Waals surface area contributed by atoms with Crippen molar-refractivity contribution in [1.29, 1.82) is 0 Å². The molecule has 0 aliphatic carbocycles. The summed E-state index contributed by atoms with van der Waals surface area (Å²) in [5, 5.41) is 0. The van der Waals surface area contributed by atoms with Crippen LogP contribution in [0.5, 0.6) is 0 Å². The molecule has 1 aliphatic rings. The lowest BCUT2D eigenvalue weighted by molar-refractivity contribution is -0.139. The van der Waals surface area contributed by atoms with Gasteiger partial charge in [0, 0.05) is 19.3 Å². The first-order chi connectivity index (χ1) is 6.44. The van der Waals surface area contributed by atoms with Gasteiger partial charge in [-0.25, -0.2) is 0 Å². The number of allylic oxidation sites excluding steroid dienone is 2. The van der Waals surface area contributed by atoms with Gasteiger partial charge in [-0.05, 0) is 27.7 Å². The molecule has 0 unspecified atom stereocenters. The van der Waals surface area contributed by atoms with E-state index in [4.69, 9.17) is 9.47 Å². The van der Waals surface area contributed by atoms with Crippen molar-refractivity contribution in [3.63, 3.8) is 0 Å². The second-order valence-corrected chi connectivity index (χ2v) is 4.26. The van der Waals surface area contributed by atoms with Crippen molar-refractivity contribution in [2.75, 3.05) is 20.2 Å². The first kappa shape index (κ1) is 11.5. The molecule has 1 aliphatic heterocycles. The minimum Gasteiger partial charge on any atom is -0.376 e. The van der Waals surface area contributed by atoms with Gasteiger partial charge in [-0.1, -0.05) is 6.08 Å². The lowest BCUT2D eigenvalue weighted by Crippen LogP contribution is -2.31. The van der Waals surface area contributed by atoms with E-state index in [1.54, 1.807) is 0 Å². The third-order valence-corrected chi connectivity index (χ3v) is 2.56. The summed E-state index contributed by atoms with van der Waals surface area (Å²) in [7, 11) is 2.07. The highest BCUT2D eigenvalue weighted by atomic mass is 16.7. The number of likely N-dealkylation sites (N-methyl/N-ethyl adjacent to an activating group) is 1. The van der Waals surface area contributed by atoms with Crippen molar-refractivity contribution in [3.8, 4) is 0 Å². The minimum atomic E-state index is -0.407. The number of ether oxygens (including phenoxy) is 2. The molecule has 0 bridgehead atoms. The Morgan fingerprint density at radius 1 is 1.57 bits per heavy atom. The van der Waals surface area contributed by atoms with E-state index >= 15 is 0 Å². The molecule has 1 saturated heterocycles. The zero-order valence-corrected chi connectivity index (χ0v) is 9.83. The molecule has 1 atom stereocenters. The van der Waals surface area contributed by atoms with Crippen LogP contribution in [-0.2, 0) is 9.47 Å². The molecule has 1 heterocycles. The quantitative estimate of drug-likeness (QED) is 0.694. The normalized spacial score (nSPS) is 26.6. The van der Waals surface area contributed by atoms with Crippen LogP contribution >= 0.6 is 0 Å². The van der Waals surface area contributed by atoms with Crippen LogP contribution in [0.15, 0.2) is 11.8 Å². The van der Waals surface area contributed by atoms with Gasteiger partial charge in [0.25, 0.3) is 0 Å². The fourth-order valence-electron chi connectivity index (χ4n) is 1.52. The van der Waals surface area contributed by atoms with Crippen LogP contribution in [0.4, 0.5) is 0 Å². The summed E-state index contributed by atoms with van der Waals surface area (Å²) in [6.07, 6.45) is 2.28. The minimum absolute atomic E-state index is 0.185. The average molecular weight is 199 g/mol. The molecule has 0 spiro atoms. The molecule has 3 nitrogen and oxygen atoms in total. The van der Waals surface area contributed by atoms with Gasteiger partial charge < -0.3 is 14.4 Å². The molecular formula is C11H21NO2. The van der Waals surface area contributed by atoms with Crippen LogP contribution in [0, 0.1) is 0 Å². The van der Waals surface area contributed by atoms with Crippen LogP contribution in [0.25, 0.3) is 0 Å². The van der Waals surface area contributed by atoms with Gasteiger partial charge in [0.1, 0.15) is 6.10 Å². The van der Waals surface area contributed by atoms with E-state index in [0.717, 1.165) is 6.54 Å². The summed E-state index contributed by atoms with van der Waals surface area (Å²) in [6.45, 7) is 9.63. The van der Waals surface area contributed by atoms with Crippen molar-refractivity contribution in [2.45, 2.75) is 39.6 Å². The molecule has 1 fully saturated rings. The zero-order chi connectivity index (χ0) is 10.8. The Hall–Kier alpha value is -0.540. The van der Waals surface area contributed by atoms with Crippen LogP contribution in [0.3, 0.4) is 0 Å². The summed E-state index contributed by atoms with van der Waals surface area (Å²) < 4.78 is 11.2. The van der Waals surface area contributed by atoms with Gasteiger partial charge in [-0.15, -0.1) is 0 Å². The summed E-state index contributed by atoms with van der Waals surface area (Å²) in [5.41, 5.74) is 1.26. The lowest BCUT2D eigenvalue weighted by Gasteiger charge is -2.23. The van der Waals surface area contributed by atoms with E-state index < -0.39 is 5.79 Å². The van der Waals surface area contributed by atoms with Gasteiger partial charge >= 0.3 is 0 Å². The van der Waals surface area contributed by atoms with Crippen LogP contribution < -0.4 is 0 Å². The maximum atomic E-state index is 5.72. The molecule has 0 aromatic carbocycles.